The van der Waals surface area contributed by atoms with E-state index in [0.717, 1.165) is 4.47 Å². The average molecular weight is 520 g/mol. The molecule has 10 heteroatoms. The number of carbonyl (C=O) groups is 3. The van der Waals surface area contributed by atoms with Crippen molar-refractivity contribution in [1.29, 1.82) is 0 Å². The predicted octanol–water partition coefficient (Wildman–Crippen LogP) is 2.28. The van der Waals surface area contributed by atoms with E-state index < -0.39 is 17.9 Å². The van der Waals surface area contributed by atoms with Gasteiger partial charge in [-0.1, -0.05) is 40.2 Å². The largest absolute Gasteiger partial charge is 0.490 e. The van der Waals surface area contributed by atoms with Crippen LogP contribution in [0.2, 0.25) is 0 Å². The Hall–Kier alpha value is -2.98. The number of para-hydroxylation sites is 1. The van der Waals surface area contributed by atoms with Gasteiger partial charge >= 0.3 is 5.97 Å². The lowest BCUT2D eigenvalue weighted by Crippen LogP contribution is -2.60. The fourth-order valence-corrected chi connectivity index (χ4v) is 3.79. The van der Waals surface area contributed by atoms with Crippen molar-refractivity contribution in [3.63, 3.8) is 0 Å². The molecule has 2 aromatic rings. The highest BCUT2D eigenvalue weighted by atomic mass is 79.9. The molecule has 1 heterocycles. The van der Waals surface area contributed by atoms with Crippen molar-refractivity contribution in [3.8, 4) is 5.75 Å². The maximum Gasteiger partial charge on any atom is 0.308 e. The van der Waals surface area contributed by atoms with Crippen LogP contribution in [0.1, 0.15) is 16.8 Å². The molecule has 2 amide bonds. The number of thiocarbonyl (C=S) groups is 1. The van der Waals surface area contributed by atoms with Gasteiger partial charge in [0.1, 0.15) is 25.0 Å². The summed E-state index contributed by atoms with van der Waals surface area (Å²) in [5.41, 5.74) is 0.414. The number of nitrogens with zero attached hydrogens (tertiary/aromatic N) is 1. The topological polar surface area (TPSA) is 97.0 Å². The van der Waals surface area contributed by atoms with Gasteiger partial charge in [-0.05, 0) is 42.5 Å². The van der Waals surface area contributed by atoms with Crippen LogP contribution >= 0.6 is 28.1 Å². The van der Waals surface area contributed by atoms with Crippen molar-refractivity contribution in [2.45, 2.75) is 12.5 Å². The van der Waals surface area contributed by atoms with E-state index in [9.17, 15) is 14.4 Å². The zero-order valence-corrected chi connectivity index (χ0v) is 19.5. The molecule has 0 saturated carbocycles. The van der Waals surface area contributed by atoms with Gasteiger partial charge in [0, 0.05) is 23.1 Å². The molecule has 168 valence electrons. The van der Waals surface area contributed by atoms with Gasteiger partial charge in [0.15, 0.2) is 5.11 Å². The zero-order chi connectivity index (χ0) is 22.9. The van der Waals surface area contributed by atoms with Crippen LogP contribution in [0.5, 0.6) is 5.75 Å². The van der Waals surface area contributed by atoms with Gasteiger partial charge in [0.05, 0.1) is 6.42 Å². The second-order valence-corrected chi connectivity index (χ2v) is 8.16. The number of hydrogen-bond donors (Lipinski definition) is 2. The van der Waals surface area contributed by atoms with E-state index in [1.165, 1.54) is 4.90 Å². The number of ether oxygens (including phenoxy) is 2. The van der Waals surface area contributed by atoms with Crippen molar-refractivity contribution in [2.24, 2.45) is 0 Å². The number of carbonyl (C=O) groups excluding carboxylic acids is 3. The Balaban J connectivity index is 1.52. The number of nitrogens with one attached hydrogen (secondary N) is 2. The van der Waals surface area contributed by atoms with Crippen molar-refractivity contribution in [1.82, 2.24) is 15.5 Å². The van der Waals surface area contributed by atoms with E-state index in [-0.39, 0.29) is 30.7 Å². The van der Waals surface area contributed by atoms with Gasteiger partial charge in [-0.2, -0.15) is 0 Å². The Labute approximate surface area is 199 Å². The Bertz CT molecular complexity index is 989. The van der Waals surface area contributed by atoms with Crippen LogP contribution in [0, 0.1) is 0 Å². The second-order valence-electron chi connectivity index (χ2n) is 6.86. The summed E-state index contributed by atoms with van der Waals surface area (Å²) in [6.07, 6.45) is -0.204. The quantitative estimate of drug-likeness (QED) is 0.329. The Morgan fingerprint density at radius 2 is 1.94 bits per heavy atom. The number of amides is 2. The molecule has 3 rings (SSSR count). The van der Waals surface area contributed by atoms with Crippen molar-refractivity contribution >= 4 is 51.0 Å². The first kappa shape index (κ1) is 23.7. The Kier molecular flexibility index (Phi) is 8.57. The molecule has 8 nitrogen and oxygen atoms in total. The molecule has 1 atom stereocenters. The number of halogens is 1. The lowest BCUT2D eigenvalue weighted by atomic mass is 10.1. The molecule has 1 aliphatic rings. The normalized spacial score (nSPS) is 15.5. The molecule has 0 bridgehead atoms. The van der Waals surface area contributed by atoms with Gasteiger partial charge in [0.25, 0.3) is 5.91 Å². The van der Waals surface area contributed by atoms with E-state index >= 15 is 0 Å². The number of rotatable bonds is 7. The summed E-state index contributed by atoms with van der Waals surface area (Å²) in [7, 11) is 0. The maximum atomic E-state index is 12.5. The Morgan fingerprint density at radius 3 is 2.69 bits per heavy atom. The third-order valence-corrected chi connectivity index (χ3v) is 5.45. The molecule has 1 aliphatic heterocycles. The van der Waals surface area contributed by atoms with Crippen LogP contribution in [-0.2, 0) is 14.3 Å². The third-order valence-electron chi connectivity index (χ3n) is 4.62. The summed E-state index contributed by atoms with van der Waals surface area (Å²) in [5.74, 6) is -0.641. The summed E-state index contributed by atoms with van der Waals surface area (Å²) < 4.78 is 11.4. The molecule has 32 heavy (non-hydrogen) atoms. The Morgan fingerprint density at radius 1 is 1.16 bits per heavy atom. The molecule has 0 aromatic heterocycles. The molecule has 1 unspecified atom stereocenters. The minimum atomic E-state index is -0.874. The number of piperazine rings is 1. The first-order valence-corrected chi connectivity index (χ1v) is 11.1. The molecule has 0 spiro atoms. The highest BCUT2D eigenvalue weighted by molar-refractivity contribution is 9.10. The maximum absolute atomic E-state index is 12.5. The van der Waals surface area contributed by atoms with Gasteiger partial charge < -0.3 is 19.7 Å². The van der Waals surface area contributed by atoms with Gasteiger partial charge in [-0.25, -0.2) is 0 Å². The van der Waals surface area contributed by atoms with E-state index in [0.29, 0.717) is 24.4 Å². The van der Waals surface area contributed by atoms with Crippen LogP contribution in [0.15, 0.2) is 59.1 Å². The van der Waals surface area contributed by atoms with Crippen molar-refractivity contribution in [2.75, 3.05) is 26.3 Å². The molecular weight excluding hydrogens is 498 g/mol. The number of benzene rings is 2. The monoisotopic (exact) mass is 519 g/mol. The van der Waals surface area contributed by atoms with E-state index in [1.54, 1.807) is 36.4 Å². The average Bonchev–Trinajstić information content (AvgIpc) is 2.78. The lowest BCUT2D eigenvalue weighted by molar-refractivity contribution is -0.148. The van der Waals surface area contributed by atoms with Crippen molar-refractivity contribution < 1.29 is 23.9 Å². The minimum absolute atomic E-state index is 0.0478. The second kappa shape index (κ2) is 11.6. The van der Waals surface area contributed by atoms with Crippen molar-refractivity contribution in [3.05, 3.63) is 64.6 Å². The molecular formula is C22H22BrN3O5S. The van der Waals surface area contributed by atoms with E-state index in [2.05, 4.69) is 26.6 Å². The van der Waals surface area contributed by atoms with Crippen LogP contribution in [0.25, 0.3) is 0 Å². The SMILES string of the molecule is O=C(CC1C(=O)NCCN1C(=S)NC(=O)c1cccc(Br)c1)OCCOc1ccccc1. The summed E-state index contributed by atoms with van der Waals surface area (Å²) in [6, 6.07) is 15.1. The van der Waals surface area contributed by atoms with Crippen LogP contribution in [0.3, 0.4) is 0 Å². The fraction of sp³-hybridized carbons (Fsp3) is 0.273. The summed E-state index contributed by atoms with van der Waals surface area (Å²) in [6.45, 7) is 0.949. The first-order chi connectivity index (χ1) is 15.4. The summed E-state index contributed by atoms with van der Waals surface area (Å²) in [5, 5.41) is 5.42. The molecule has 1 fully saturated rings. The summed E-state index contributed by atoms with van der Waals surface area (Å²) >= 11 is 8.68. The van der Waals surface area contributed by atoms with Gasteiger partial charge in [-0.3, -0.25) is 19.7 Å². The molecule has 2 N–H and O–H groups in total. The van der Waals surface area contributed by atoms with Gasteiger partial charge in [-0.15, -0.1) is 0 Å². The number of hydrogen-bond acceptors (Lipinski definition) is 6. The van der Waals surface area contributed by atoms with Crippen LogP contribution < -0.4 is 15.4 Å². The molecule has 2 aromatic carbocycles. The van der Waals surface area contributed by atoms with Crippen LogP contribution in [0.4, 0.5) is 0 Å². The van der Waals surface area contributed by atoms with E-state index in [4.69, 9.17) is 21.7 Å². The molecule has 0 radical (unpaired) electrons. The predicted molar refractivity (Wildman–Crippen MR) is 125 cm³/mol. The van der Waals surface area contributed by atoms with Crippen LogP contribution in [-0.4, -0.2) is 60.1 Å². The van der Waals surface area contributed by atoms with Gasteiger partial charge in [0.2, 0.25) is 5.91 Å². The molecule has 0 aliphatic carbocycles. The lowest BCUT2D eigenvalue weighted by Gasteiger charge is -2.36. The standard InChI is InChI=1S/C22H22BrN3O5S/c23-16-6-4-5-15(13-16)20(28)25-22(32)26-10-9-24-21(29)18(26)14-19(27)31-12-11-30-17-7-2-1-3-8-17/h1-8,13,18H,9-12,14H2,(H,24,29)(H,25,28,32). The first-order valence-electron chi connectivity index (χ1n) is 9.93. The minimum Gasteiger partial charge on any atom is -0.490 e. The smallest absolute Gasteiger partial charge is 0.308 e. The summed E-state index contributed by atoms with van der Waals surface area (Å²) in [4.78, 5) is 38.7. The number of esters is 1. The highest BCUT2D eigenvalue weighted by Gasteiger charge is 2.34. The highest BCUT2D eigenvalue weighted by Crippen LogP contribution is 2.14. The van der Waals surface area contributed by atoms with E-state index in [1.807, 2.05) is 18.2 Å². The fourth-order valence-electron chi connectivity index (χ4n) is 3.08. The zero-order valence-electron chi connectivity index (χ0n) is 17.1. The molecule has 1 saturated heterocycles. The third kappa shape index (κ3) is 6.76.